The van der Waals surface area contributed by atoms with E-state index in [9.17, 15) is 0 Å². The fourth-order valence-corrected chi connectivity index (χ4v) is 1.93. The Hall–Kier alpha value is -0.820. The Bertz CT molecular complexity index is 298. The molecular formula is C12H16O. The van der Waals surface area contributed by atoms with Crippen LogP contribution in [0.5, 0.6) is 0 Å². The second-order valence-electron chi connectivity index (χ2n) is 3.86. The van der Waals surface area contributed by atoms with Gasteiger partial charge in [-0.2, -0.15) is 0 Å². The van der Waals surface area contributed by atoms with Crippen molar-refractivity contribution < 1.29 is 4.74 Å². The molecule has 0 aliphatic carbocycles. The average molecular weight is 176 g/mol. The Balaban J connectivity index is 2.32. The van der Waals surface area contributed by atoms with Crippen LogP contribution >= 0.6 is 0 Å². The number of hydrogen-bond acceptors (Lipinski definition) is 1. The molecule has 1 atom stereocenters. The van der Waals surface area contributed by atoms with Gasteiger partial charge in [-0.15, -0.1) is 0 Å². The van der Waals surface area contributed by atoms with Crippen molar-refractivity contribution in [3.63, 3.8) is 0 Å². The summed E-state index contributed by atoms with van der Waals surface area (Å²) in [7, 11) is 0. The van der Waals surface area contributed by atoms with Gasteiger partial charge in [0, 0.05) is 6.61 Å². The predicted octanol–water partition coefficient (Wildman–Crippen LogP) is 3.15. The molecule has 0 spiro atoms. The van der Waals surface area contributed by atoms with Crippen LogP contribution in [0.15, 0.2) is 18.2 Å². The molecule has 1 nitrogen and oxygen atoms in total. The van der Waals surface area contributed by atoms with Gasteiger partial charge < -0.3 is 4.74 Å². The van der Waals surface area contributed by atoms with Gasteiger partial charge in [-0.1, -0.05) is 23.8 Å². The molecule has 13 heavy (non-hydrogen) atoms. The molecule has 1 heteroatoms. The fourth-order valence-electron chi connectivity index (χ4n) is 1.93. The zero-order valence-electron chi connectivity index (χ0n) is 8.34. The maximum absolute atomic E-state index is 5.67. The lowest BCUT2D eigenvalue weighted by molar-refractivity contribution is 0.111. The molecule has 1 aliphatic heterocycles. The van der Waals surface area contributed by atoms with Crippen molar-refractivity contribution in [2.45, 2.75) is 32.8 Å². The van der Waals surface area contributed by atoms with Gasteiger partial charge in [-0.05, 0) is 37.8 Å². The highest BCUT2D eigenvalue weighted by molar-refractivity contribution is 5.32. The number of rotatable bonds is 1. The molecular weight excluding hydrogens is 160 g/mol. The number of benzene rings is 1. The largest absolute Gasteiger partial charge is 0.374 e. The third kappa shape index (κ3) is 1.75. The highest BCUT2D eigenvalue weighted by Crippen LogP contribution is 2.30. The molecule has 0 amide bonds. The molecule has 0 aromatic heterocycles. The standard InChI is InChI=1S/C12H16O/c1-9-5-6-10(2)11(8-9)12-4-3-7-13-12/h5-6,8,12H,3-4,7H2,1-2H3. The van der Waals surface area contributed by atoms with Crippen molar-refractivity contribution in [2.24, 2.45) is 0 Å². The maximum Gasteiger partial charge on any atom is 0.0828 e. The van der Waals surface area contributed by atoms with E-state index in [1.807, 2.05) is 0 Å². The Morgan fingerprint density at radius 3 is 2.85 bits per heavy atom. The first-order valence-corrected chi connectivity index (χ1v) is 4.96. The van der Waals surface area contributed by atoms with Gasteiger partial charge in [0.15, 0.2) is 0 Å². The summed E-state index contributed by atoms with van der Waals surface area (Å²) < 4.78 is 5.67. The molecule has 1 saturated heterocycles. The molecule has 1 unspecified atom stereocenters. The van der Waals surface area contributed by atoms with Gasteiger partial charge in [0.05, 0.1) is 6.10 Å². The van der Waals surface area contributed by atoms with Crippen molar-refractivity contribution in [1.29, 1.82) is 0 Å². The van der Waals surface area contributed by atoms with Crippen LogP contribution in [0.1, 0.15) is 35.6 Å². The quantitative estimate of drug-likeness (QED) is 0.638. The fraction of sp³-hybridized carbons (Fsp3) is 0.500. The topological polar surface area (TPSA) is 9.23 Å². The van der Waals surface area contributed by atoms with Crippen LogP contribution in [-0.2, 0) is 4.74 Å². The number of aryl methyl sites for hydroxylation is 2. The molecule has 1 aromatic carbocycles. The minimum absolute atomic E-state index is 0.361. The van der Waals surface area contributed by atoms with E-state index in [4.69, 9.17) is 4.74 Å². The first kappa shape index (κ1) is 8.76. The maximum atomic E-state index is 5.67. The second-order valence-corrected chi connectivity index (χ2v) is 3.86. The number of ether oxygens (including phenoxy) is 1. The summed E-state index contributed by atoms with van der Waals surface area (Å²) in [6, 6.07) is 6.60. The summed E-state index contributed by atoms with van der Waals surface area (Å²) in [6.07, 6.45) is 2.75. The highest BCUT2D eigenvalue weighted by Gasteiger charge is 2.18. The monoisotopic (exact) mass is 176 g/mol. The molecule has 1 fully saturated rings. The third-order valence-corrected chi connectivity index (χ3v) is 2.71. The van der Waals surface area contributed by atoms with Crippen molar-refractivity contribution >= 4 is 0 Å². The lowest BCUT2D eigenvalue weighted by Gasteiger charge is -2.13. The van der Waals surface area contributed by atoms with Gasteiger partial charge in [0.25, 0.3) is 0 Å². The summed E-state index contributed by atoms with van der Waals surface area (Å²) in [4.78, 5) is 0. The Kier molecular flexibility index (Phi) is 2.36. The summed E-state index contributed by atoms with van der Waals surface area (Å²) in [6.45, 7) is 5.23. The lowest BCUT2D eigenvalue weighted by atomic mass is 9.99. The summed E-state index contributed by atoms with van der Waals surface area (Å²) in [5, 5.41) is 0. The van der Waals surface area contributed by atoms with E-state index in [1.165, 1.54) is 29.5 Å². The van der Waals surface area contributed by atoms with Gasteiger partial charge >= 0.3 is 0 Å². The van der Waals surface area contributed by atoms with Crippen molar-refractivity contribution in [3.05, 3.63) is 34.9 Å². The van der Waals surface area contributed by atoms with Crippen molar-refractivity contribution in [2.75, 3.05) is 6.61 Å². The van der Waals surface area contributed by atoms with Gasteiger partial charge in [-0.25, -0.2) is 0 Å². The smallest absolute Gasteiger partial charge is 0.0828 e. The molecule has 70 valence electrons. The first-order chi connectivity index (χ1) is 6.27. The van der Waals surface area contributed by atoms with E-state index < -0.39 is 0 Å². The SMILES string of the molecule is Cc1ccc(C)c(C2CCCO2)c1. The molecule has 1 aromatic rings. The van der Waals surface area contributed by atoms with Gasteiger partial charge in [0.2, 0.25) is 0 Å². The van der Waals surface area contributed by atoms with Gasteiger partial charge in [-0.3, -0.25) is 0 Å². The zero-order valence-corrected chi connectivity index (χ0v) is 8.34. The van der Waals surface area contributed by atoms with E-state index in [-0.39, 0.29) is 0 Å². The molecule has 1 aliphatic rings. The zero-order chi connectivity index (χ0) is 9.26. The minimum atomic E-state index is 0.361. The summed E-state index contributed by atoms with van der Waals surface area (Å²) in [5.41, 5.74) is 4.08. The van der Waals surface area contributed by atoms with Crippen LogP contribution < -0.4 is 0 Å². The van der Waals surface area contributed by atoms with Crippen molar-refractivity contribution in [3.8, 4) is 0 Å². The summed E-state index contributed by atoms with van der Waals surface area (Å²) >= 11 is 0. The van der Waals surface area contributed by atoms with Gasteiger partial charge in [0.1, 0.15) is 0 Å². The predicted molar refractivity (Wildman–Crippen MR) is 53.8 cm³/mol. The van der Waals surface area contributed by atoms with Crippen LogP contribution in [0.4, 0.5) is 0 Å². The van der Waals surface area contributed by atoms with Crippen LogP contribution in [0.2, 0.25) is 0 Å². The Labute approximate surface area is 79.7 Å². The second kappa shape index (κ2) is 3.51. The third-order valence-electron chi connectivity index (χ3n) is 2.71. The van der Waals surface area contributed by atoms with Crippen LogP contribution in [0.3, 0.4) is 0 Å². The lowest BCUT2D eigenvalue weighted by Crippen LogP contribution is -1.98. The normalized spacial score (nSPS) is 22.2. The number of hydrogen-bond donors (Lipinski definition) is 0. The van der Waals surface area contributed by atoms with E-state index >= 15 is 0 Å². The molecule has 1 heterocycles. The molecule has 0 N–H and O–H groups in total. The molecule has 0 bridgehead atoms. The van der Waals surface area contributed by atoms with E-state index in [0.717, 1.165) is 6.61 Å². The summed E-state index contributed by atoms with van der Waals surface area (Å²) in [5.74, 6) is 0. The molecule has 0 radical (unpaired) electrons. The molecule has 2 rings (SSSR count). The Morgan fingerprint density at radius 2 is 2.15 bits per heavy atom. The highest BCUT2D eigenvalue weighted by atomic mass is 16.5. The van der Waals surface area contributed by atoms with Crippen LogP contribution in [0, 0.1) is 13.8 Å². The van der Waals surface area contributed by atoms with E-state index in [1.54, 1.807) is 0 Å². The van der Waals surface area contributed by atoms with Crippen molar-refractivity contribution in [1.82, 2.24) is 0 Å². The first-order valence-electron chi connectivity index (χ1n) is 4.96. The average Bonchev–Trinajstić information content (AvgIpc) is 2.61. The van der Waals surface area contributed by atoms with Crippen LogP contribution in [-0.4, -0.2) is 6.61 Å². The molecule has 0 saturated carbocycles. The Morgan fingerprint density at radius 1 is 1.31 bits per heavy atom. The minimum Gasteiger partial charge on any atom is -0.374 e. The van der Waals surface area contributed by atoms with E-state index in [2.05, 4.69) is 32.0 Å². The van der Waals surface area contributed by atoms with Crippen LogP contribution in [0.25, 0.3) is 0 Å². The van der Waals surface area contributed by atoms with E-state index in [0.29, 0.717) is 6.10 Å².